The summed E-state index contributed by atoms with van der Waals surface area (Å²) in [5.74, 6) is 0.700. The molecule has 1 aliphatic carbocycles. The molecule has 1 atom stereocenters. The molecule has 0 aromatic heterocycles. The second kappa shape index (κ2) is 8.47. The van der Waals surface area contributed by atoms with Crippen LogP contribution in [0.3, 0.4) is 0 Å². The SMILES string of the molecule is C=C/C(S)=C(\C=C)NC(=O)C1(CC(C)CC)CCCCC1. The summed E-state index contributed by atoms with van der Waals surface area (Å²) in [7, 11) is 0. The number of thiol groups is 1. The van der Waals surface area contributed by atoms with Gasteiger partial charge in [-0.3, -0.25) is 4.79 Å². The highest BCUT2D eigenvalue weighted by molar-refractivity contribution is 7.84. The summed E-state index contributed by atoms with van der Waals surface area (Å²) in [4.78, 5) is 13.6. The van der Waals surface area contributed by atoms with E-state index in [1.807, 2.05) is 0 Å². The van der Waals surface area contributed by atoms with Crippen LogP contribution in [-0.2, 0) is 4.79 Å². The molecule has 2 nitrogen and oxygen atoms in total. The van der Waals surface area contributed by atoms with E-state index in [2.05, 4.69) is 45.0 Å². The highest BCUT2D eigenvalue weighted by atomic mass is 32.1. The molecular weight excluding hydrogens is 278 g/mol. The van der Waals surface area contributed by atoms with Gasteiger partial charge in [0.2, 0.25) is 5.91 Å². The number of hydrogen-bond acceptors (Lipinski definition) is 2. The van der Waals surface area contributed by atoms with E-state index in [4.69, 9.17) is 0 Å². The van der Waals surface area contributed by atoms with Gasteiger partial charge in [0.05, 0.1) is 5.70 Å². The van der Waals surface area contributed by atoms with Crippen molar-refractivity contribution in [2.45, 2.75) is 58.8 Å². The fourth-order valence-electron chi connectivity index (χ4n) is 3.15. The first-order chi connectivity index (χ1) is 9.99. The van der Waals surface area contributed by atoms with Crippen molar-refractivity contribution < 1.29 is 4.79 Å². The average Bonchev–Trinajstić information content (AvgIpc) is 2.52. The molecule has 0 spiro atoms. The summed E-state index contributed by atoms with van der Waals surface area (Å²) in [5.41, 5.74) is 0.435. The van der Waals surface area contributed by atoms with Crippen LogP contribution >= 0.6 is 12.6 Å². The zero-order valence-electron chi connectivity index (χ0n) is 13.5. The summed E-state index contributed by atoms with van der Waals surface area (Å²) in [6, 6.07) is 0. The van der Waals surface area contributed by atoms with Gasteiger partial charge >= 0.3 is 0 Å². The molecule has 1 rings (SSSR count). The van der Waals surface area contributed by atoms with Crippen LogP contribution in [-0.4, -0.2) is 5.91 Å². The third kappa shape index (κ3) is 4.77. The molecule has 1 aliphatic rings. The summed E-state index contributed by atoms with van der Waals surface area (Å²) in [5, 5.41) is 3.03. The third-order valence-corrected chi connectivity index (χ3v) is 5.07. The van der Waals surface area contributed by atoms with Gasteiger partial charge in [-0.2, -0.15) is 0 Å². The van der Waals surface area contributed by atoms with Crippen molar-refractivity contribution in [3.05, 3.63) is 35.9 Å². The van der Waals surface area contributed by atoms with Crippen molar-refractivity contribution in [3.8, 4) is 0 Å². The van der Waals surface area contributed by atoms with Crippen molar-refractivity contribution in [2.24, 2.45) is 11.3 Å². The van der Waals surface area contributed by atoms with Gasteiger partial charge in [-0.1, -0.05) is 58.8 Å². The normalized spacial score (nSPS) is 20.1. The van der Waals surface area contributed by atoms with Crippen LogP contribution in [0.4, 0.5) is 0 Å². The standard InChI is InChI=1S/C18H29NOS/c1-5-14(4)13-18(11-9-8-10-12-18)17(20)19-15(6-2)16(21)7-3/h6-7,14,21H,2-3,5,8-13H2,1,4H3,(H,19,20)/b16-15-. The minimum atomic E-state index is -0.225. The Bertz CT molecular complexity index is 419. The van der Waals surface area contributed by atoms with Gasteiger partial charge in [-0.05, 0) is 31.3 Å². The van der Waals surface area contributed by atoms with Crippen LogP contribution in [0.1, 0.15) is 58.8 Å². The van der Waals surface area contributed by atoms with E-state index in [9.17, 15) is 4.79 Å². The number of amides is 1. The number of hydrogen-bond donors (Lipinski definition) is 2. The van der Waals surface area contributed by atoms with Crippen molar-refractivity contribution in [1.82, 2.24) is 5.32 Å². The van der Waals surface area contributed by atoms with Gasteiger partial charge in [-0.15, -0.1) is 12.6 Å². The quantitative estimate of drug-likeness (QED) is 0.503. The van der Waals surface area contributed by atoms with Crippen LogP contribution in [0.2, 0.25) is 0 Å². The maximum Gasteiger partial charge on any atom is 0.230 e. The molecule has 0 bridgehead atoms. The van der Waals surface area contributed by atoms with Crippen LogP contribution in [0, 0.1) is 11.3 Å². The number of carbonyl (C=O) groups excluding carboxylic acids is 1. The van der Waals surface area contributed by atoms with Crippen molar-refractivity contribution in [3.63, 3.8) is 0 Å². The second-order valence-corrected chi connectivity index (χ2v) is 6.70. The highest BCUT2D eigenvalue weighted by Gasteiger charge is 2.40. The van der Waals surface area contributed by atoms with Gasteiger partial charge in [0.1, 0.15) is 0 Å². The molecule has 0 aromatic carbocycles. The molecule has 21 heavy (non-hydrogen) atoms. The molecule has 1 fully saturated rings. The molecule has 0 aliphatic heterocycles. The lowest BCUT2D eigenvalue weighted by atomic mass is 9.68. The summed E-state index contributed by atoms with van der Waals surface area (Å²) in [6.45, 7) is 11.9. The van der Waals surface area contributed by atoms with Gasteiger partial charge in [-0.25, -0.2) is 0 Å². The Labute approximate surface area is 135 Å². The molecule has 0 aromatic rings. The highest BCUT2D eigenvalue weighted by Crippen LogP contribution is 2.42. The summed E-state index contributed by atoms with van der Waals surface area (Å²) >= 11 is 4.33. The van der Waals surface area contributed by atoms with Gasteiger partial charge in [0, 0.05) is 10.3 Å². The maximum absolute atomic E-state index is 12.9. The van der Waals surface area contributed by atoms with Crippen molar-refractivity contribution in [2.75, 3.05) is 0 Å². The van der Waals surface area contributed by atoms with E-state index >= 15 is 0 Å². The fourth-order valence-corrected chi connectivity index (χ4v) is 3.30. The lowest BCUT2D eigenvalue weighted by molar-refractivity contribution is -0.133. The van der Waals surface area contributed by atoms with E-state index in [1.165, 1.54) is 6.42 Å². The molecule has 1 amide bonds. The van der Waals surface area contributed by atoms with Gasteiger partial charge < -0.3 is 5.32 Å². The molecule has 0 radical (unpaired) electrons. The predicted molar refractivity (Wildman–Crippen MR) is 94.1 cm³/mol. The molecular formula is C18H29NOS. The number of allylic oxidation sites excluding steroid dienone is 2. The fraction of sp³-hybridized carbons (Fsp3) is 0.611. The van der Waals surface area contributed by atoms with Crippen LogP contribution < -0.4 is 5.32 Å². The van der Waals surface area contributed by atoms with Gasteiger partial charge in [0.25, 0.3) is 0 Å². The Kier molecular flexibility index (Phi) is 7.30. The predicted octanol–water partition coefficient (Wildman–Crippen LogP) is 5.00. The molecule has 3 heteroatoms. The van der Waals surface area contributed by atoms with Crippen molar-refractivity contribution in [1.29, 1.82) is 0 Å². The van der Waals surface area contributed by atoms with E-state index < -0.39 is 0 Å². The average molecular weight is 308 g/mol. The lowest BCUT2D eigenvalue weighted by Gasteiger charge is -2.38. The topological polar surface area (TPSA) is 29.1 Å². The number of rotatable bonds is 7. The molecule has 1 saturated carbocycles. The lowest BCUT2D eigenvalue weighted by Crippen LogP contribution is -2.43. The van der Waals surface area contributed by atoms with Gasteiger partial charge in [0.15, 0.2) is 0 Å². The Morgan fingerprint density at radius 3 is 2.38 bits per heavy atom. The zero-order valence-corrected chi connectivity index (χ0v) is 14.3. The zero-order chi connectivity index (χ0) is 15.9. The number of carbonyl (C=O) groups is 1. The second-order valence-electron chi connectivity index (χ2n) is 6.22. The Balaban J connectivity index is 2.95. The molecule has 0 saturated heterocycles. The van der Waals surface area contributed by atoms with E-state index in [1.54, 1.807) is 12.2 Å². The molecule has 0 heterocycles. The molecule has 1 unspecified atom stereocenters. The van der Waals surface area contributed by atoms with Crippen LogP contribution in [0.5, 0.6) is 0 Å². The number of nitrogens with one attached hydrogen (secondary N) is 1. The summed E-state index contributed by atoms with van der Waals surface area (Å²) in [6.07, 6.45) is 10.9. The third-order valence-electron chi connectivity index (χ3n) is 4.65. The minimum Gasteiger partial charge on any atom is -0.325 e. The molecule has 1 N–H and O–H groups in total. The maximum atomic E-state index is 12.9. The van der Waals surface area contributed by atoms with E-state index in [0.717, 1.165) is 38.5 Å². The first-order valence-electron chi connectivity index (χ1n) is 7.98. The first-order valence-corrected chi connectivity index (χ1v) is 8.43. The largest absolute Gasteiger partial charge is 0.325 e. The first kappa shape index (κ1) is 18.1. The van der Waals surface area contributed by atoms with E-state index in [-0.39, 0.29) is 11.3 Å². The smallest absolute Gasteiger partial charge is 0.230 e. The summed E-state index contributed by atoms with van der Waals surface area (Å²) < 4.78 is 0. The Morgan fingerprint density at radius 1 is 1.29 bits per heavy atom. The Morgan fingerprint density at radius 2 is 1.90 bits per heavy atom. The van der Waals surface area contributed by atoms with Crippen molar-refractivity contribution >= 4 is 18.5 Å². The van der Waals surface area contributed by atoms with Crippen LogP contribution in [0.15, 0.2) is 35.9 Å². The molecule has 118 valence electrons. The van der Waals surface area contributed by atoms with Crippen LogP contribution in [0.25, 0.3) is 0 Å². The van der Waals surface area contributed by atoms with E-state index in [0.29, 0.717) is 16.5 Å². The minimum absolute atomic E-state index is 0.130. The monoisotopic (exact) mass is 307 g/mol. The Hall–Kier alpha value is -0.960.